The summed E-state index contributed by atoms with van der Waals surface area (Å²) in [4.78, 5) is 24.5. The molecule has 176 valence electrons. The van der Waals surface area contributed by atoms with Crippen LogP contribution in [0.4, 0.5) is 4.79 Å². The van der Waals surface area contributed by atoms with Crippen molar-refractivity contribution in [3.63, 3.8) is 0 Å². The van der Waals surface area contributed by atoms with Gasteiger partial charge in [0.15, 0.2) is 0 Å². The number of Topliss-reactive ketones (excluding diaryl/α,β-unsaturated/α-hetero) is 1. The number of ether oxygens (including phenoxy) is 2. The van der Waals surface area contributed by atoms with Crippen molar-refractivity contribution in [3.05, 3.63) is 0 Å². The number of carbonyl (C=O) groups is 2. The lowest BCUT2D eigenvalue weighted by molar-refractivity contribution is -0.128. The Morgan fingerprint density at radius 2 is 1.52 bits per heavy atom. The number of fused-ring (bicyclic) bond motifs is 1. The second-order valence-corrected chi connectivity index (χ2v) is 11.6. The van der Waals surface area contributed by atoms with E-state index in [0.717, 1.165) is 25.7 Å². The monoisotopic (exact) mass is 433 g/mol. The van der Waals surface area contributed by atoms with Crippen LogP contribution in [0.15, 0.2) is 0 Å². The lowest BCUT2D eigenvalue weighted by Crippen LogP contribution is -2.45. The van der Waals surface area contributed by atoms with Gasteiger partial charge >= 0.3 is 6.09 Å². The fourth-order valence-electron chi connectivity index (χ4n) is 4.27. The molecule has 0 bridgehead atoms. The molecule has 0 aliphatic heterocycles. The van der Waals surface area contributed by atoms with Crippen molar-refractivity contribution in [1.29, 1.82) is 0 Å². The van der Waals surface area contributed by atoms with Crippen LogP contribution in [0.25, 0.3) is 0 Å². The van der Waals surface area contributed by atoms with Crippen molar-refractivity contribution in [1.82, 2.24) is 5.32 Å². The Kier molecular flexibility index (Phi) is 8.62. The molecule has 0 spiro atoms. The lowest BCUT2D eigenvalue weighted by atomic mass is 9.86. The minimum Gasteiger partial charge on any atom is -0.449 e. The van der Waals surface area contributed by atoms with Gasteiger partial charge in [-0.2, -0.15) is 0 Å². The highest BCUT2D eigenvalue weighted by molar-refractivity contribution is 5.83. The summed E-state index contributed by atoms with van der Waals surface area (Å²) < 4.78 is 11.6. The lowest BCUT2D eigenvalue weighted by Gasteiger charge is -2.30. The first-order chi connectivity index (χ1) is 14.3. The second kappa shape index (κ2) is 10.4. The van der Waals surface area contributed by atoms with Gasteiger partial charge in [0.25, 0.3) is 0 Å². The van der Waals surface area contributed by atoms with Gasteiger partial charge in [-0.05, 0) is 71.1 Å². The van der Waals surface area contributed by atoms with E-state index >= 15 is 0 Å². The van der Waals surface area contributed by atoms with Crippen molar-refractivity contribution in [3.8, 4) is 11.8 Å². The SMILES string of the molecule is CC(C)(CCOC(C)(C)CCC(=O)C(C)(C)C)NC(=O)OCC1[C@H]2CCC#CCC[C@@H]12. The summed E-state index contributed by atoms with van der Waals surface area (Å²) in [7, 11) is 0. The highest BCUT2D eigenvalue weighted by atomic mass is 16.5. The van der Waals surface area contributed by atoms with Gasteiger partial charge in [-0.1, -0.05) is 20.8 Å². The van der Waals surface area contributed by atoms with Gasteiger partial charge < -0.3 is 14.8 Å². The number of rotatable bonds is 10. The summed E-state index contributed by atoms with van der Waals surface area (Å²) in [6.45, 7) is 14.9. The normalized spacial score (nSPS) is 23.5. The molecule has 2 aliphatic rings. The molecular weight excluding hydrogens is 390 g/mol. The number of nitrogens with one attached hydrogen (secondary N) is 1. The molecular formula is C26H43NO4. The number of hydrogen-bond donors (Lipinski definition) is 1. The predicted molar refractivity (Wildman–Crippen MR) is 124 cm³/mol. The van der Waals surface area contributed by atoms with E-state index in [4.69, 9.17) is 9.47 Å². The fraction of sp³-hybridized carbons (Fsp3) is 0.846. The minimum absolute atomic E-state index is 0.253. The highest BCUT2D eigenvalue weighted by Crippen LogP contribution is 2.52. The molecule has 2 rings (SSSR count). The quantitative estimate of drug-likeness (QED) is 0.461. The van der Waals surface area contributed by atoms with Crippen LogP contribution in [0.1, 0.15) is 93.4 Å². The van der Waals surface area contributed by atoms with Crippen molar-refractivity contribution >= 4 is 11.9 Å². The molecule has 0 heterocycles. The average Bonchev–Trinajstić information content (AvgIpc) is 3.25. The van der Waals surface area contributed by atoms with E-state index in [-0.39, 0.29) is 22.9 Å². The molecule has 1 unspecified atom stereocenters. The predicted octanol–water partition coefficient (Wildman–Crippen LogP) is 5.51. The Hall–Kier alpha value is -1.54. The molecule has 0 aromatic carbocycles. The summed E-state index contributed by atoms with van der Waals surface area (Å²) in [6, 6.07) is 0. The Morgan fingerprint density at radius 3 is 2.06 bits per heavy atom. The van der Waals surface area contributed by atoms with Gasteiger partial charge in [0.1, 0.15) is 5.78 Å². The maximum Gasteiger partial charge on any atom is 0.407 e. The molecule has 2 aliphatic carbocycles. The first-order valence-electron chi connectivity index (χ1n) is 11.9. The summed E-state index contributed by atoms with van der Waals surface area (Å²) in [5.74, 6) is 8.53. The van der Waals surface area contributed by atoms with Crippen LogP contribution in [-0.2, 0) is 14.3 Å². The van der Waals surface area contributed by atoms with Crippen LogP contribution in [0.5, 0.6) is 0 Å². The Labute approximate surface area is 189 Å². The third-order valence-corrected chi connectivity index (χ3v) is 6.70. The topological polar surface area (TPSA) is 64.6 Å². The molecule has 5 nitrogen and oxygen atoms in total. The van der Waals surface area contributed by atoms with Gasteiger partial charge in [-0.25, -0.2) is 4.79 Å². The maximum absolute atomic E-state index is 12.3. The molecule has 1 saturated carbocycles. The van der Waals surface area contributed by atoms with E-state index in [0.29, 0.717) is 50.2 Å². The van der Waals surface area contributed by atoms with Crippen LogP contribution in [0.2, 0.25) is 0 Å². The zero-order valence-corrected chi connectivity index (χ0v) is 20.7. The number of ketones is 1. The number of hydrogen-bond acceptors (Lipinski definition) is 4. The summed E-state index contributed by atoms with van der Waals surface area (Å²) in [5, 5.41) is 2.98. The standard InChI is InChI=1S/C26H43NO4/c1-24(2,3)22(28)14-15-26(6,7)31-17-16-25(4,5)27-23(29)30-18-21-19-12-10-8-9-11-13-20(19)21/h19-21H,10-18H2,1-7H3,(H,27,29)/t19-,20+,21?. The molecule has 1 fully saturated rings. The molecule has 0 aromatic rings. The fourth-order valence-corrected chi connectivity index (χ4v) is 4.27. The maximum atomic E-state index is 12.3. The van der Waals surface area contributed by atoms with Crippen molar-refractivity contribution in [2.45, 2.75) is 105 Å². The van der Waals surface area contributed by atoms with Crippen LogP contribution in [0.3, 0.4) is 0 Å². The first-order valence-corrected chi connectivity index (χ1v) is 11.9. The first kappa shape index (κ1) is 25.7. The molecule has 0 aromatic heterocycles. The molecule has 1 N–H and O–H groups in total. The van der Waals surface area contributed by atoms with E-state index in [2.05, 4.69) is 17.2 Å². The summed E-state index contributed by atoms with van der Waals surface area (Å²) in [6.07, 6.45) is 5.73. The molecule has 3 atom stereocenters. The second-order valence-electron chi connectivity index (χ2n) is 11.6. The van der Waals surface area contributed by atoms with Crippen molar-refractivity contribution < 1.29 is 19.1 Å². The molecule has 0 saturated heterocycles. The summed E-state index contributed by atoms with van der Waals surface area (Å²) >= 11 is 0. The summed E-state index contributed by atoms with van der Waals surface area (Å²) in [5.41, 5.74) is -1.11. The Balaban J connectivity index is 1.65. The molecule has 5 heteroatoms. The number of alkyl carbamates (subject to hydrolysis) is 1. The zero-order chi connectivity index (χ0) is 23.3. The number of amides is 1. The largest absolute Gasteiger partial charge is 0.449 e. The van der Waals surface area contributed by atoms with E-state index in [1.807, 2.05) is 48.5 Å². The van der Waals surface area contributed by atoms with Crippen LogP contribution < -0.4 is 5.32 Å². The Morgan fingerprint density at radius 1 is 0.935 bits per heavy atom. The van der Waals surface area contributed by atoms with E-state index in [1.54, 1.807) is 0 Å². The van der Waals surface area contributed by atoms with Crippen LogP contribution in [-0.4, -0.2) is 36.2 Å². The molecule has 1 amide bonds. The smallest absolute Gasteiger partial charge is 0.407 e. The van der Waals surface area contributed by atoms with Gasteiger partial charge in [0.05, 0.1) is 12.2 Å². The van der Waals surface area contributed by atoms with Gasteiger partial charge in [0.2, 0.25) is 0 Å². The average molecular weight is 434 g/mol. The highest BCUT2D eigenvalue weighted by Gasteiger charge is 2.49. The van der Waals surface area contributed by atoms with E-state index < -0.39 is 5.54 Å². The molecule has 31 heavy (non-hydrogen) atoms. The zero-order valence-electron chi connectivity index (χ0n) is 20.7. The third-order valence-electron chi connectivity index (χ3n) is 6.70. The van der Waals surface area contributed by atoms with Gasteiger partial charge in [-0.15, -0.1) is 11.8 Å². The van der Waals surface area contributed by atoms with E-state index in [1.165, 1.54) is 0 Å². The minimum atomic E-state index is -0.423. The van der Waals surface area contributed by atoms with Crippen molar-refractivity contribution in [2.24, 2.45) is 23.2 Å². The van der Waals surface area contributed by atoms with Gasteiger partial charge in [-0.3, -0.25) is 4.79 Å². The van der Waals surface area contributed by atoms with Crippen LogP contribution in [0, 0.1) is 35.0 Å². The van der Waals surface area contributed by atoms with Gasteiger partial charge in [0, 0.05) is 36.8 Å². The molecule has 0 radical (unpaired) electrons. The number of carbonyl (C=O) groups excluding carboxylic acids is 2. The van der Waals surface area contributed by atoms with Crippen LogP contribution >= 0.6 is 0 Å². The van der Waals surface area contributed by atoms with Crippen molar-refractivity contribution in [2.75, 3.05) is 13.2 Å². The van der Waals surface area contributed by atoms with E-state index in [9.17, 15) is 9.59 Å². The Bertz CT molecular complexity index is 674. The third kappa shape index (κ3) is 8.85.